The lowest BCUT2D eigenvalue weighted by atomic mass is 9.99. The first-order valence-corrected chi connectivity index (χ1v) is 18.3. The van der Waals surface area contributed by atoms with Crippen LogP contribution in [-0.2, 0) is 0 Å². The molecule has 0 unspecified atom stereocenters. The monoisotopic (exact) mass is 699 g/mol. The largest absolute Gasteiger partial charge is 0.308 e. The number of fused-ring (bicyclic) bond motifs is 9. The van der Waals surface area contributed by atoms with E-state index in [1.807, 2.05) is 36.4 Å². The summed E-state index contributed by atoms with van der Waals surface area (Å²) in [4.78, 5) is 0. The Morgan fingerprint density at radius 3 is 1.44 bits per heavy atom. The number of nitrogens with zero attached hydrogens (tertiary/aromatic N) is 5. The van der Waals surface area contributed by atoms with Crippen LogP contribution in [0.4, 0.5) is 0 Å². The highest BCUT2D eigenvalue weighted by Gasteiger charge is 2.21. The molecule has 55 heavy (non-hydrogen) atoms. The van der Waals surface area contributed by atoms with Gasteiger partial charge in [-0.15, -0.1) is 0 Å². The predicted molar refractivity (Wildman–Crippen MR) is 224 cm³/mol. The number of nitriles is 2. The molecule has 0 amide bonds. The van der Waals surface area contributed by atoms with Gasteiger partial charge in [0.2, 0.25) is 0 Å². The summed E-state index contributed by atoms with van der Waals surface area (Å²) in [6.07, 6.45) is 0. The molecule has 0 fully saturated rings. The van der Waals surface area contributed by atoms with Crippen molar-refractivity contribution in [2.24, 2.45) is 0 Å². The van der Waals surface area contributed by atoms with Gasteiger partial charge in [-0.05, 0) is 71.8 Å². The molecule has 254 valence electrons. The average Bonchev–Trinajstić information content (AvgIpc) is 3.90. The highest BCUT2D eigenvalue weighted by Crippen LogP contribution is 2.41. The van der Waals surface area contributed by atoms with Gasteiger partial charge >= 0.3 is 0 Å². The van der Waals surface area contributed by atoms with Crippen molar-refractivity contribution in [1.29, 1.82) is 10.5 Å². The van der Waals surface area contributed by atoms with Crippen molar-refractivity contribution in [3.8, 4) is 40.3 Å². The second-order valence-electron chi connectivity index (χ2n) is 14.0. The number of hydrogen-bond donors (Lipinski definition) is 0. The van der Waals surface area contributed by atoms with Crippen LogP contribution in [0, 0.1) is 22.7 Å². The summed E-state index contributed by atoms with van der Waals surface area (Å²) >= 11 is 0. The Labute approximate surface area is 316 Å². The molecule has 11 aromatic rings. The molecule has 5 heteroatoms. The Hall–Kier alpha value is -7.86. The van der Waals surface area contributed by atoms with Crippen molar-refractivity contribution in [3.05, 3.63) is 187 Å². The van der Waals surface area contributed by atoms with Gasteiger partial charge < -0.3 is 13.7 Å². The third-order valence-electron chi connectivity index (χ3n) is 11.1. The third kappa shape index (κ3) is 4.39. The van der Waals surface area contributed by atoms with Crippen LogP contribution in [-0.4, -0.2) is 13.7 Å². The number of para-hydroxylation sites is 6. The van der Waals surface area contributed by atoms with Crippen molar-refractivity contribution in [3.63, 3.8) is 0 Å². The Morgan fingerprint density at radius 1 is 0.345 bits per heavy atom. The van der Waals surface area contributed by atoms with E-state index in [1.54, 1.807) is 0 Å². The summed E-state index contributed by atoms with van der Waals surface area (Å²) in [5.41, 5.74) is 12.3. The molecule has 0 aliphatic rings. The summed E-state index contributed by atoms with van der Waals surface area (Å²) < 4.78 is 6.87. The molecule has 8 aromatic carbocycles. The van der Waals surface area contributed by atoms with E-state index >= 15 is 0 Å². The average molecular weight is 700 g/mol. The van der Waals surface area contributed by atoms with E-state index in [-0.39, 0.29) is 0 Å². The normalized spacial score (nSPS) is 11.6. The molecule has 0 aliphatic heterocycles. The molecule has 5 nitrogen and oxygen atoms in total. The Morgan fingerprint density at radius 2 is 0.818 bits per heavy atom. The second-order valence-corrected chi connectivity index (χ2v) is 14.0. The van der Waals surface area contributed by atoms with Crippen molar-refractivity contribution in [1.82, 2.24) is 13.7 Å². The molecule has 0 bridgehead atoms. The van der Waals surface area contributed by atoms with Crippen molar-refractivity contribution in [2.45, 2.75) is 0 Å². The molecule has 0 radical (unpaired) electrons. The van der Waals surface area contributed by atoms with Crippen LogP contribution in [0.3, 0.4) is 0 Å². The summed E-state index contributed by atoms with van der Waals surface area (Å²) in [7, 11) is 0. The fourth-order valence-corrected chi connectivity index (χ4v) is 8.84. The molecule has 0 aliphatic carbocycles. The van der Waals surface area contributed by atoms with E-state index in [1.165, 1.54) is 21.5 Å². The van der Waals surface area contributed by atoms with Gasteiger partial charge in [-0.1, -0.05) is 115 Å². The van der Waals surface area contributed by atoms with Gasteiger partial charge in [-0.25, -0.2) is 0 Å². The number of hydrogen-bond acceptors (Lipinski definition) is 2. The van der Waals surface area contributed by atoms with Crippen molar-refractivity contribution >= 4 is 65.4 Å². The van der Waals surface area contributed by atoms with E-state index in [0.717, 1.165) is 72.1 Å². The minimum atomic E-state index is 0.559. The molecule has 0 spiro atoms. The van der Waals surface area contributed by atoms with Crippen LogP contribution in [0.5, 0.6) is 0 Å². The maximum Gasteiger partial charge on any atom is 0.101 e. The van der Waals surface area contributed by atoms with Gasteiger partial charge in [0.1, 0.15) is 6.07 Å². The number of rotatable bonds is 4. The van der Waals surface area contributed by atoms with Crippen LogP contribution >= 0.6 is 0 Å². The van der Waals surface area contributed by atoms with Crippen LogP contribution in [0.1, 0.15) is 11.1 Å². The molecule has 3 heterocycles. The molecule has 11 rings (SSSR count). The molecule has 0 saturated heterocycles. The lowest BCUT2D eigenvalue weighted by Gasteiger charge is -2.16. The predicted octanol–water partition coefficient (Wildman–Crippen LogP) is 12.4. The van der Waals surface area contributed by atoms with Crippen LogP contribution < -0.4 is 0 Å². The zero-order chi connectivity index (χ0) is 36.6. The SMILES string of the molecule is N#Cc1cc(-n2c3ccccc3c3cccc(C#N)c32)ccc1-c1cccc(-n2c3ccccc3c3cccc(-n4c5ccccc5c5ccccc54)c32)c1. The van der Waals surface area contributed by atoms with Crippen LogP contribution in [0.25, 0.3) is 93.6 Å². The maximum absolute atomic E-state index is 10.7. The first-order chi connectivity index (χ1) is 27.2. The maximum atomic E-state index is 10.7. The lowest BCUT2D eigenvalue weighted by molar-refractivity contribution is 1.13. The lowest BCUT2D eigenvalue weighted by Crippen LogP contribution is -2.01. The Balaban J connectivity index is 1.13. The van der Waals surface area contributed by atoms with Gasteiger partial charge in [0.25, 0.3) is 0 Å². The van der Waals surface area contributed by atoms with Crippen LogP contribution in [0.2, 0.25) is 0 Å². The molecule has 0 saturated carbocycles. The van der Waals surface area contributed by atoms with Gasteiger partial charge in [0.15, 0.2) is 0 Å². The number of benzene rings is 8. The minimum Gasteiger partial charge on any atom is -0.308 e. The molecule has 0 atom stereocenters. The van der Waals surface area contributed by atoms with Gasteiger partial charge in [-0.2, -0.15) is 10.5 Å². The first-order valence-electron chi connectivity index (χ1n) is 18.3. The van der Waals surface area contributed by atoms with Gasteiger partial charge in [-0.3, -0.25) is 0 Å². The zero-order valence-corrected chi connectivity index (χ0v) is 29.5. The van der Waals surface area contributed by atoms with E-state index in [9.17, 15) is 10.5 Å². The quantitative estimate of drug-likeness (QED) is 0.184. The standard InChI is InChI=1S/C50H29N5/c51-30-33-13-10-19-42-40-17-3-5-21-44(40)53(49(33)42)36-26-27-37(34(29-36)31-52)32-12-9-14-35(28-32)54-45-22-6-4-18-41(45)43-20-11-25-48(50(43)54)55-46-23-7-1-15-38(46)39-16-2-8-24-47(39)55/h1-29H. The Bertz CT molecular complexity index is 3420. The third-order valence-corrected chi connectivity index (χ3v) is 11.1. The molecular weight excluding hydrogens is 671 g/mol. The summed E-state index contributed by atoms with van der Waals surface area (Å²) in [5.74, 6) is 0. The smallest absolute Gasteiger partial charge is 0.101 e. The van der Waals surface area contributed by atoms with E-state index in [4.69, 9.17) is 0 Å². The highest BCUT2D eigenvalue weighted by atomic mass is 15.1. The molecule has 0 N–H and O–H groups in total. The summed E-state index contributed by atoms with van der Waals surface area (Å²) in [5, 5.41) is 27.6. The zero-order valence-electron chi connectivity index (χ0n) is 29.5. The topological polar surface area (TPSA) is 62.4 Å². The second kappa shape index (κ2) is 11.8. The van der Waals surface area contributed by atoms with E-state index < -0.39 is 0 Å². The van der Waals surface area contributed by atoms with E-state index in [0.29, 0.717) is 11.1 Å². The van der Waals surface area contributed by atoms with E-state index in [2.05, 4.69) is 165 Å². The molecular formula is C50H29N5. The fraction of sp³-hybridized carbons (Fsp3) is 0. The van der Waals surface area contributed by atoms with Crippen molar-refractivity contribution in [2.75, 3.05) is 0 Å². The molecule has 3 aromatic heterocycles. The highest BCUT2D eigenvalue weighted by molar-refractivity contribution is 6.15. The Kier molecular flexibility index (Phi) is 6.61. The minimum absolute atomic E-state index is 0.559. The van der Waals surface area contributed by atoms with Crippen molar-refractivity contribution < 1.29 is 0 Å². The summed E-state index contributed by atoms with van der Waals surface area (Å²) in [6, 6.07) is 65.9. The summed E-state index contributed by atoms with van der Waals surface area (Å²) in [6.45, 7) is 0. The first kappa shape index (κ1) is 30.7. The van der Waals surface area contributed by atoms with Crippen LogP contribution in [0.15, 0.2) is 176 Å². The number of aromatic nitrogens is 3. The fourth-order valence-electron chi connectivity index (χ4n) is 8.84. The van der Waals surface area contributed by atoms with Gasteiger partial charge in [0.05, 0.1) is 56.0 Å². The van der Waals surface area contributed by atoms with Gasteiger partial charge in [0, 0.05) is 43.7 Å².